The number of carbonyl (C=O) groups is 4. The van der Waals surface area contributed by atoms with Crippen molar-refractivity contribution in [2.45, 2.75) is 45.7 Å². The molecular formula is C36H44N8O6S. The summed E-state index contributed by atoms with van der Waals surface area (Å²) in [5, 5.41) is 4.87. The van der Waals surface area contributed by atoms with Crippen molar-refractivity contribution in [3.63, 3.8) is 0 Å². The van der Waals surface area contributed by atoms with Gasteiger partial charge in [0, 0.05) is 24.4 Å². The molecule has 14 nitrogen and oxygen atoms in total. The predicted octanol–water partition coefficient (Wildman–Crippen LogP) is 4.33. The Labute approximate surface area is 302 Å². The van der Waals surface area contributed by atoms with Crippen molar-refractivity contribution >= 4 is 36.6 Å². The van der Waals surface area contributed by atoms with Crippen LogP contribution in [0.2, 0.25) is 0 Å². The number of ether oxygens (including phenoxy) is 2. The van der Waals surface area contributed by atoms with Gasteiger partial charge in [0.05, 0.1) is 51.1 Å². The molecule has 15 heteroatoms. The number of aromatic amines is 2. The summed E-state index contributed by atoms with van der Waals surface area (Å²) in [6.07, 6.45) is 6.03. The van der Waals surface area contributed by atoms with E-state index >= 15 is 0 Å². The molecule has 4 aromatic rings. The molecule has 0 unspecified atom stereocenters. The minimum atomic E-state index is -0.663. The van der Waals surface area contributed by atoms with Crippen molar-refractivity contribution in [2.24, 2.45) is 0 Å². The van der Waals surface area contributed by atoms with E-state index in [0.717, 1.165) is 53.8 Å². The number of carbonyl (C=O) groups excluding carboxylic acids is 4. The van der Waals surface area contributed by atoms with Gasteiger partial charge in [0.1, 0.15) is 24.7 Å². The second-order valence-electron chi connectivity index (χ2n) is 12.1. The molecular weight excluding hydrogens is 673 g/mol. The number of hydrogen-bond acceptors (Lipinski definition) is 9. The molecule has 270 valence electrons. The minimum absolute atomic E-state index is 0.147. The molecule has 0 spiro atoms. The quantitative estimate of drug-likeness (QED) is 0.113. The van der Waals surface area contributed by atoms with Gasteiger partial charge in [-0.25, -0.2) is 19.6 Å². The maximum atomic E-state index is 12.7. The van der Waals surface area contributed by atoms with Crippen LogP contribution in [0.5, 0.6) is 0 Å². The van der Waals surface area contributed by atoms with Gasteiger partial charge in [-0.05, 0) is 53.5 Å². The number of aromatic nitrogens is 4. The number of thiol groups is 1. The van der Waals surface area contributed by atoms with E-state index in [2.05, 4.69) is 89.1 Å². The Balaban J connectivity index is 1.27. The van der Waals surface area contributed by atoms with E-state index in [4.69, 9.17) is 0 Å². The van der Waals surface area contributed by atoms with E-state index in [-0.39, 0.29) is 31.4 Å². The number of fused-ring (bicyclic) bond motifs is 1. The fourth-order valence-corrected chi connectivity index (χ4v) is 6.47. The number of benzene rings is 2. The molecule has 0 radical (unpaired) electrons. The Bertz CT molecular complexity index is 1840. The van der Waals surface area contributed by atoms with Crippen LogP contribution in [-0.2, 0) is 45.0 Å². The molecule has 0 saturated carbocycles. The van der Waals surface area contributed by atoms with Crippen LogP contribution in [0.25, 0.3) is 33.6 Å². The molecule has 4 N–H and O–H groups in total. The summed E-state index contributed by atoms with van der Waals surface area (Å²) in [4.78, 5) is 67.4. The smallest absolute Gasteiger partial charge is 0.407 e. The summed E-state index contributed by atoms with van der Waals surface area (Å²) in [5.74, 6) is 1.29. The first-order valence-corrected chi connectivity index (χ1v) is 17.5. The standard InChI is InChI=1S/C36H44N8O6S/c1-4-14-43(33(45)19-39-35(47)49-2)21-31-37-17-29(41-31)24-10-8-23(9-11-24)25-12-13-28(27-7-5-6-26(25)27)30-18-38-32(42-30)22-44(15-16-51)34(46)20-40-36(48)50-3/h8-13,17-18,51H,4-7,14-16,19-22H2,1-3H3,(H,37,41)(H,38,42)(H,39,47)(H,40,48). The Morgan fingerprint density at radius 3 is 1.82 bits per heavy atom. The number of alkyl carbamates (subject to hydrolysis) is 2. The lowest BCUT2D eigenvalue weighted by atomic mass is 9.92. The van der Waals surface area contributed by atoms with Gasteiger partial charge >= 0.3 is 12.2 Å². The fourth-order valence-electron chi connectivity index (χ4n) is 6.23. The first-order valence-electron chi connectivity index (χ1n) is 16.9. The number of nitrogens with one attached hydrogen (secondary N) is 4. The van der Waals surface area contributed by atoms with Gasteiger partial charge < -0.3 is 39.9 Å². The molecule has 2 heterocycles. The largest absolute Gasteiger partial charge is 0.453 e. The van der Waals surface area contributed by atoms with Crippen molar-refractivity contribution in [1.29, 1.82) is 0 Å². The second-order valence-corrected chi connectivity index (χ2v) is 12.5. The maximum absolute atomic E-state index is 12.7. The van der Waals surface area contributed by atoms with Crippen molar-refractivity contribution < 1.29 is 28.7 Å². The lowest BCUT2D eigenvalue weighted by molar-refractivity contribution is -0.131. The van der Waals surface area contributed by atoms with Crippen LogP contribution < -0.4 is 10.6 Å². The number of rotatable bonds is 15. The lowest BCUT2D eigenvalue weighted by Gasteiger charge is -2.21. The van der Waals surface area contributed by atoms with Crippen LogP contribution in [-0.4, -0.2) is 99.9 Å². The molecule has 2 aromatic heterocycles. The van der Waals surface area contributed by atoms with Gasteiger partial charge in [0.2, 0.25) is 11.8 Å². The van der Waals surface area contributed by atoms with E-state index in [9.17, 15) is 19.2 Å². The summed E-state index contributed by atoms with van der Waals surface area (Å²) in [6, 6.07) is 12.7. The van der Waals surface area contributed by atoms with Crippen LogP contribution in [0.3, 0.4) is 0 Å². The summed E-state index contributed by atoms with van der Waals surface area (Å²) >= 11 is 4.29. The lowest BCUT2D eigenvalue weighted by Crippen LogP contribution is -2.40. The van der Waals surface area contributed by atoms with Crippen molar-refractivity contribution in [3.8, 4) is 33.6 Å². The SMILES string of the molecule is CCCN(Cc1ncc(-c2ccc(-c3ccc(-c4cnc(CN(CCS)C(=O)CNC(=O)OC)[nH]4)c4c3CCC4)cc2)[nH]1)C(=O)CNC(=O)OC. The number of hydrogen-bond donors (Lipinski definition) is 5. The number of nitrogens with zero attached hydrogens (tertiary/aromatic N) is 4. The molecule has 5 rings (SSSR count). The third kappa shape index (κ3) is 9.28. The zero-order valence-corrected chi connectivity index (χ0v) is 30.0. The molecule has 0 atom stereocenters. The molecule has 1 aliphatic rings. The zero-order chi connectivity index (χ0) is 36.3. The fraction of sp³-hybridized carbons (Fsp3) is 0.389. The van der Waals surface area contributed by atoms with E-state index in [1.54, 1.807) is 16.0 Å². The first-order chi connectivity index (χ1) is 24.7. The highest BCUT2D eigenvalue weighted by Gasteiger charge is 2.23. The molecule has 0 saturated heterocycles. The molecule has 51 heavy (non-hydrogen) atoms. The molecule has 4 amide bonds. The zero-order valence-electron chi connectivity index (χ0n) is 29.1. The van der Waals surface area contributed by atoms with E-state index < -0.39 is 12.2 Å². The van der Waals surface area contributed by atoms with Crippen LogP contribution >= 0.6 is 12.6 Å². The third-order valence-electron chi connectivity index (χ3n) is 8.73. The molecule has 2 aromatic carbocycles. The van der Waals surface area contributed by atoms with Crippen molar-refractivity contribution in [3.05, 3.63) is 71.6 Å². The van der Waals surface area contributed by atoms with Gasteiger partial charge in [-0.15, -0.1) is 0 Å². The molecule has 0 aliphatic heterocycles. The van der Waals surface area contributed by atoms with E-state index in [0.29, 0.717) is 37.0 Å². The maximum Gasteiger partial charge on any atom is 0.407 e. The number of methoxy groups -OCH3 is 2. The average molecular weight is 717 g/mol. The van der Waals surface area contributed by atoms with Gasteiger partial charge in [-0.3, -0.25) is 9.59 Å². The molecule has 0 fully saturated rings. The Kier molecular flexibility index (Phi) is 12.7. The Morgan fingerprint density at radius 2 is 1.25 bits per heavy atom. The van der Waals surface area contributed by atoms with Crippen molar-refractivity contribution in [1.82, 2.24) is 40.4 Å². The summed E-state index contributed by atoms with van der Waals surface area (Å²) < 4.78 is 9.13. The Morgan fingerprint density at radius 1 is 0.745 bits per heavy atom. The number of imidazole rings is 2. The van der Waals surface area contributed by atoms with Gasteiger partial charge in [-0.2, -0.15) is 12.6 Å². The molecule has 1 aliphatic carbocycles. The van der Waals surface area contributed by atoms with Crippen LogP contribution in [0.15, 0.2) is 48.8 Å². The van der Waals surface area contributed by atoms with E-state index in [1.807, 2.05) is 13.1 Å². The molecule has 0 bridgehead atoms. The topological polar surface area (TPSA) is 175 Å². The van der Waals surface area contributed by atoms with Gasteiger partial charge in [-0.1, -0.05) is 43.3 Å². The normalized spacial score (nSPS) is 11.8. The predicted molar refractivity (Wildman–Crippen MR) is 195 cm³/mol. The first kappa shape index (κ1) is 37.0. The summed E-state index contributed by atoms with van der Waals surface area (Å²) in [7, 11) is 2.51. The van der Waals surface area contributed by atoms with E-state index in [1.165, 1.54) is 30.9 Å². The number of amides is 4. The third-order valence-corrected chi connectivity index (χ3v) is 8.93. The highest BCUT2D eigenvalue weighted by atomic mass is 32.1. The van der Waals surface area contributed by atoms with Gasteiger partial charge in [0.15, 0.2) is 0 Å². The van der Waals surface area contributed by atoms with Crippen LogP contribution in [0.1, 0.15) is 42.5 Å². The highest BCUT2D eigenvalue weighted by molar-refractivity contribution is 7.80. The van der Waals surface area contributed by atoms with Crippen molar-refractivity contribution in [2.75, 3.05) is 46.2 Å². The highest BCUT2D eigenvalue weighted by Crippen LogP contribution is 2.38. The number of H-pyrrole nitrogens is 2. The Hall–Kier alpha value is -5.31. The monoisotopic (exact) mass is 716 g/mol. The van der Waals surface area contributed by atoms with Crippen LogP contribution in [0.4, 0.5) is 9.59 Å². The van der Waals surface area contributed by atoms with Gasteiger partial charge in [0.25, 0.3) is 0 Å². The second kappa shape index (κ2) is 17.6. The summed E-state index contributed by atoms with van der Waals surface area (Å²) in [6.45, 7) is 3.16. The van der Waals surface area contributed by atoms with Crippen LogP contribution in [0, 0.1) is 0 Å². The minimum Gasteiger partial charge on any atom is -0.453 e. The summed E-state index contributed by atoms with van der Waals surface area (Å²) in [5.41, 5.74) is 8.74. The average Bonchev–Trinajstić information content (AvgIpc) is 3.94.